The average molecular weight is 368 g/mol. The molecule has 1 aliphatic carbocycles. The molecule has 2 radical (unpaired) electrons. The lowest BCUT2D eigenvalue weighted by molar-refractivity contribution is 0.123. The number of aromatic nitrogens is 2. The first-order valence-corrected chi connectivity index (χ1v) is 9.62. The Morgan fingerprint density at radius 1 is 1.44 bits per heavy atom. The predicted molar refractivity (Wildman–Crippen MR) is 100 cm³/mol. The number of benzene rings is 1. The Bertz CT molecular complexity index is 764. The van der Waals surface area contributed by atoms with E-state index < -0.39 is 24.0 Å². The summed E-state index contributed by atoms with van der Waals surface area (Å²) in [6.45, 7) is 5.36. The molecule has 0 amide bonds. The summed E-state index contributed by atoms with van der Waals surface area (Å²) in [5.74, 6) is 0.245. The number of anilines is 2. The minimum Gasteiger partial charge on any atom is -0.397 e. The van der Waals surface area contributed by atoms with Gasteiger partial charge in [-0.2, -0.15) is 5.10 Å². The van der Waals surface area contributed by atoms with Crippen LogP contribution in [0.15, 0.2) is 12.1 Å². The summed E-state index contributed by atoms with van der Waals surface area (Å²) < 4.78 is 40.3. The maximum absolute atomic E-state index is 12.9. The van der Waals surface area contributed by atoms with Gasteiger partial charge in [0.05, 0.1) is 16.5 Å². The summed E-state index contributed by atoms with van der Waals surface area (Å²) in [5, 5.41) is 4.81. The summed E-state index contributed by atoms with van der Waals surface area (Å²) in [6.07, 6.45) is -0.221. The second-order valence-corrected chi connectivity index (χ2v) is 7.20. The molecule has 25 heavy (non-hydrogen) atoms. The van der Waals surface area contributed by atoms with Crippen LogP contribution in [0.3, 0.4) is 0 Å². The van der Waals surface area contributed by atoms with Crippen LogP contribution in [-0.2, 0) is 24.0 Å². The quantitative estimate of drug-likeness (QED) is 0.629. The van der Waals surface area contributed by atoms with E-state index in [4.69, 9.17) is 13.7 Å². The minimum atomic E-state index is -2.57. The molecule has 5 nitrogen and oxygen atoms in total. The van der Waals surface area contributed by atoms with Gasteiger partial charge >= 0.3 is 0 Å². The summed E-state index contributed by atoms with van der Waals surface area (Å²) in [4.78, 5) is 0. The summed E-state index contributed by atoms with van der Waals surface area (Å²) >= 11 is 0. The molecule has 0 saturated heterocycles. The molecule has 136 valence electrons. The Morgan fingerprint density at radius 2 is 2.08 bits per heavy atom. The van der Waals surface area contributed by atoms with E-state index in [0.29, 0.717) is 23.0 Å². The van der Waals surface area contributed by atoms with Gasteiger partial charge in [0.2, 0.25) is 0 Å². The maximum Gasteiger partial charge on any atom is 0.257 e. The van der Waals surface area contributed by atoms with E-state index in [9.17, 15) is 13.0 Å². The van der Waals surface area contributed by atoms with Crippen LogP contribution >= 0.6 is 0 Å². The van der Waals surface area contributed by atoms with Crippen molar-refractivity contribution in [3.05, 3.63) is 17.7 Å². The van der Waals surface area contributed by atoms with Crippen molar-refractivity contribution >= 4 is 41.4 Å². The maximum atomic E-state index is 12.9. The average Bonchev–Trinajstić information content (AvgIpc) is 3.38. The molecule has 0 bridgehead atoms. The second-order valence-electron chi connectivity index (χ2n) is 5.59. The topological polar surface area (TPSA) is 64.2 Å². The number of hydrogen-bond acceptors (Lipinski definition) is 3. The van der Waals surface area contributed by atoms with E-state index >= 15 is 0 Å². The molecule has 2 aromatic rings. The van der Waals surface area contributed by atoms with Gasteiger partial charge in [0.1, 0.15) is 17.5 Å². The Morgan fingerprint density at radius 3 is 2.60 bits per heavy atom. The van der Waals surface area contributed by atoms with Crippen molar-refractivity contribution in [1.29, 1.82) is 0 Å². The molecular formula is C16H23BF2N4OS. The van der Waals surface area contributed by atoms with Crippen molar-refractivity contribution in [2.24, 2.45) is 0 Å². The molecule has 1 heterocycles. The molecule has 1 unspecified atom stereocenters. The van der Waals surface area contributed by atoms with Crippen molar-refractivity contribution in [2.45, 2.75) is 58.3 Å². The van der Waals surface area contributed by atoms with Crippen LogP contribution < -0.4 is 9.95 Å². The standard InChI is InChI=1S/C14H17BF2N4OS.C2H6/c1-2-8-3-6-10(18)13-12(8)14(19-20(13)7-11(16)17)21(15)23(22)9-4-5-9;1-2/h3,6,9,11H,2,4-5,7,18H2,1H3;1-2H3. The number of hydrogen-bond donors (Lipinski definition) is 1. The number of alkyl halides is 2. The Hall–Kier alpha value is -1.64. The fourth-order valence-electron chi connectivity index (χ4n) is 2.62. The molecule has 2 N–H and O–H groups in total. The molecule has 0 spiro atoms. The van der Waals surface area contributed by atoms with E-state index in [-0.39, 0.29) is 11.1 Å². The van der Waals surface area contributed by atoms with Gasteiger partial charge in [0.15, 0.2) is 5.82 Å². The first-order valence-electron chi connectivity index (χ1n) is 8.45. The van der Waals surface area contributed by atoms with Gasteiger partial charge in [0, 0.05) is 5.39 Å². The third-order valence-corrected chi connectivity index (χ3v) is 5.50. The molecule has 0 aliphatic heterocycles. The van der Waals surface area contributed by atoms with Gasteiger partial charge in [-0.3, -0.25) is 4.68 Å². The van der Waals surface area contributed by atoms with E-state index in [1.807, 2.05) is 26.8 Å². The van der Waals surface area contributed by atoms with E-state index in [1.165, 1.54) is 0 Å². The van der Waals surface area contributed by atoms with Gasteiger partial charge in [-0.15, -0.1) is 0 Å². The Kier molecular flexibility index (Phi) is 6.43. The van der Waals surface area contributed by atoms with Crippen LogP contribution in [0.4, 0.5) is 20.3 Å². The zero-order valence-electron chi connectivity index (χ0n) is 14.7. The lowest BCUT2D eigenvalue weighted by Gasteiger charge is -2.17. The highest BCUT2D eigenvalue weighted by atomic mass is 32.2. The highest BCUT2D eigenvalue weighted by Crippen LogP contribution is 2.36. The Balaban J connectivity index is 0.00000109. The molecule has 1 saturated carbocycles. The van der Waals surface area contributed by atoms with Gasteiger partial charge in [-0.1, -0.05) is 26.8 Å². The molecular weight excluding hydrogens is 345 g/mol. The Labute approximate surface area is 150 Å². The first-order chi connectivity index (χ1) is 11.9. The summed E-state index contributed by atoms with van der Waals surface area (Å²) in [6, 6.07) is 3.50. The number of nitrogens with zero attached hydrogens (tertiary/aromatic N) is 3. The van der Waals surface area contributed by atoms with Crippen LogP contribution in [0.2, 0.25) is 0 Å². The van der Waals surface area contributed by atoms with Crippen LogP contribution in [0.1, 0.15) is 39.2 Å². The second kappa shape index (κ2) is 8.16. The van der Waals surface area contributed by atoms with Crippen molar-refractivity contribution in [3.63, 3.8) is 0 Å². The monoisotopic (exact) mass is 368 g/mol. The van der Waals surface area contributed by atoms with Crippen LogP contribution in [0.25, 0.3) is 10.9 Å². The van der Waals surface area contributed by atoms with Gasteiger partial charge in [-0.25, -0.2) is 13.0 Å². The first kappa shape index (κ1) is 19.7. The van der Waals surface area contributed by atoms with Crippen molar-refractivity contribution in [2.75, 3.05) is 9.95 Å². The lowest BCUT2D eigenvalue weighted by atomic mass is 10.1. The number of fused-ring (bicyclic) bond motifs is 1. The minimum absolute atomic E-state index is 0.0152. The van der Waals surface area contributed by atoms with Crippen molar-refractivity contribution in [3.8, 4) is 0 Å². The van der Waals surface area contributed by atoms with Crippen molar-refractivity contribution < 1.29 is 13.0 Å². The number of rotatable bonds is 6. The number of aryl methyl sites for hydroxylation is 1. The highest BCUT2D eigenvalue weighted by Gasteiger charge is 2.33. The fourth-order valence-corrected chi connectivity index (χ4v) is 3.78. The van der Waals surface area contributed by atoms with Crippen LogP contribution in [-0.4, -0.2) is 33.6 Å². The van der Waals surface area contributed by atoms with Gasteiger partial charge in [0.25, 0.3) is 14.4 Å². The predicted octanol–water partition coefficient (Wildman–Crippen LogP) is 3.19. The van der Waals surface area contributed by atoms with E-state index in [1.54, 1.807) is 6.07 Å². The third-order valence-electron chi connectivity index (χ3n) is 3.90. The largest absolute Gasteiger partial charge is 0.397 e. The van der Waals surface area contributed by atoms with Crippen LogP contribution in [0.5, 0.6) is 0 Å². The number of nitrogen functional groups attached to an aromatic ring is 1. The molecule has 9 heteroatoms. The molecule has 1 aliphatic rings. The zero-order valence-corrected chi connectivity index (χ0v) is 15.5. The third kappa shape index (κ3) is 3.97. The molecule has 1 atom stereocenters. The molecule has 1 fully saturated rings. The van der Waals surface area contributed by atoms with Gasteiger partial charge < -0.3 is 9.95 Å². The highest BCUT2D eigenvalue weighted by molar-refractivity contribution is 7.88. The summed E-state index contributed by atoms with van der Waals surface area (Å²) in [5.41, 5.74) is 7.63. The normalized spacial score (nSPS) is 15.1. The lowest BCUT2D eigenvalue weighted by Crippen LogP contribution is -2.26. The van der Waals surface area contributed by atoms with Crippen molar-refractivity contribution in [1.82, 2.24) is 9.78 Å². The number of halogens is 2. The van der Waals surface area contributed by atoms with Crippen LogP contribution in [0, 0.1) is 0 Å². The fraction of sp³-hybridized carbons (Fsp3) is 0.562. The molecule has 1 aromatic heterocycles. The zero-order chi connectivity index (χ0) is 18.7. The summed E-state index contributed by atoms with van der Waals surface area (Å²) in [7, 11) is 4.57. The molecule has 3 rings (SSSR count). The smallest absolute Gasteiger partial charge is 0.257 e. The molecule has 1 aromatic carbocycles. The van der Waals surface area contributed by atoms with E-state index in [2.05, 4.69) is 5.10 Å². The number of nitrogens with two attached hydrogens (primary N) is 1. The SMILES string of the molecule is CC.[B]N(c1nn(CC(F)F)c2c(N)ccc(CC)c12)S(=O)C1CC1. The van der Waals surface area contributed by atoms with Gasteiger partial charge in [-0.05, 0) is 30.9 Å². The van der Waals surface area contributed by atoms with E-state index in [0.717, 1.165) is 27.3 Å².